The zero-order valence-electron chi connectivity index (χ0n) is 9.12. The standard InChI is InChI=1S/C11H16N2O2/c1-7(2)5-8-6-10(14)13(9-3-4-9)11(15)12-8/h6-7,9H,3-5H2,1-2H3,(H,12,15). The van der Waals surface area contributed by atoms with E-state index in [1.54, 1.807) is 6.07 Å². The maximum Gasteiger partial charge on any atom is 0.328 e. The second-order valence-corrected chi connectivity index (χ2v) is 4.64. The molecule has 1 aromatic heterocycles. The van der Waals surface area contributed by atoms with Gasteiger partial charge in [0.15, 0.2) is 0 Å². The van der Waals surface area contributed by atoms with E-state index in [1.807, 2.05) is 0 Å². The molecule has 1 heterocycles. The highest BCUT2D eigenvalue weighted by atomic mass is 16.2. The van der Waals surface area contributed by atoms with Crippen LogP contribution in [0.2, 0.25) is 0 Å². The Kier molecular flexibility index (Phi) is 2.50. The average Bonchev–Trinajstić information content (AvgIpc) is 2.84. The number of hydrogen-bond donors (Lipinski definition) is 1. The number of nitrogens with zero attached hydrogens (tertiary/aromatic N) is 1. The molecular weight excluding hydrogens is 192 g/mol. The van der Waals surface area contributed by atoms with Crippen LogP contribution in [0.5, 0.6) is 0 Å². The Balaban J connectivity index is 2.39. The van der Waals surface area contributed by atoms with Crippen molar-refractivity contribution in [1.82, 2.24) is 9.55 Å². The summed E-state index contributed by atoms with van der Waals surface area (Å²) < 4.78 is 1.34. The van der Waals surface area contributed by atoms with Crippen molar-refractivity contribution >= 4 is 0 Å². The van der Waals surface area contributed by atoms with Crippen LogP contribution in [0.25, 0.3) is 0 Å². The third kappa shape index (κ3) is 2.19. The number of nitrogens with one attached hydrogen (secondary N) is 1. The second kappa shape index (κ2) is 3.68. The fourth-order valence-corrected chi connectivity index (χ4v) is 1.78. The first kappa shape index (κ1) is 10.2. The van der Waals surface area contributed by atoms with Gasteiger partial charge in [0, 0.05) is 17.8 Å². The van der Waals surface area contributed by atoms with Gasteiger partial charge >= 0.3 is 5.69 Å². The summed E-state index contributed by atoms with van der Waals surface area (Å²) in [7, 11) is 0. The molecule has 1 N–H and O–H groups in total. The summed E-state index contributed by atoms with van der Waals surface area (Å²) in [6, 6.07) is 1.70. The molecule has 1 aromatic rings. The molecule has 0 amide bonds. The Morgan fingerprint density at radius 2 is 2.13 bits per heavy atom. The van der Waals surface area contributed by atoms with Gasteiger partial charge in [0.05, 0.1) is 0 Å². The summed E-state index contributed by atoms with van der Waals surface area (Å²) in [5, 5.41) is 0. The van der Waals surface area contributed by atoms with Gasteiger partial charge in [0.2, 0.25) is 0 Å². The normalized spacial score (nSPS) is 15.9. The Morgan fingerprint density at radius 1 is 1.47 bits per heavy atom. The molecule has 0 aliphatic heterocycles. The van der Waals surface area contributed by atoms with Gasteiger partial charge in [0.25, 0.3) is 5.56 Å². The Morgan fingerprint density at radius 3 is 2.60 bits per heavy atom. The van der Waals surface area contributed by atoms with E-state index in [4.69, 9.17) is 0 Å². The first-order valence-corrected chi connectivity index (χ1v) is 5.42. The summed E-state index contributed by atoms with van der Waals surface area (Å²) in [6.07, 6.45) is 2.65. The molecule has 0 saturated heterocycles. The lowest BCUT2D eigenvalue weighted by Gasteiger charge is -2.06. The van der Waals surface area contributed by atoms with Crippen molar-refractivity contribution in [2.24, 2.45) is 5.92 Å². The van der Waals surface area contributed by atoms with E-state index in [9.17, 15) is 9.59 Å². The highest BCUT2D eigenvalue weighted by molar-refractivity contribution is 5.02. The highest BCUT2D eigenvalue weighted by Crippen LogP contribution is 2.31. The van der Waals surface area contributed by atoms with Gasteiger partial charge in [0.1, 0.15) is 0 Å². The van der Waals surface area contributed by atoms with Crippen molar-refractivity contribution < 1.29 is 0 Å². The van der Waals surface area contributed by atoms with E-state index in [0.717, 1.165) is 25.0 Å². The van der Waals surface area contributed by atoms with Gasteiger partial charge in [-0.2, -0.15) is 0 Å². The van der Waals surface area contributed by atoms with Gasteiger partial charge in [-0.3, -0.25) is 9.36 Å². The van der Waals surface area contributed by atoms with Crippen molar-refractivity contribution in [3.63, 3.8) is 0 Å². The van der Waals surface area contributed by atoms with Crippen molar-refractivity contribution in [3.05, 3.63) is 32.6 Å². The minimum atomic E-state index is -0.249. The Hall–Kier alpha value is -1.32. The lowest BCUT2D eigenvalue weighted by molar-refractivity contribution is 0.604. The van der Waals surface area contributed by atoms with E-state index in [-0.39, 0.29) is 17.3 Å². The Labute approximate surface area is 88.0 Å². The van der Waals surface area contributed by atoms with E-state index < -0.39 is 0 Å². The van der Waals surface area contributed by atoms with Crippen LogP contribution in [0.3, 0.4) is 0 Å². The zero-order chi connectivity index (χ0) is 11.0. The van der Waals surface area contributed by atoms with Crippen LogP contribution in [-0.4, -0.2) is 9.55 Å². The number of H-pyrrole nitrogens is 1. The van der Waals surface area contributed by atoms with Gasteiger partial charge < -0.3 is 4.98 Å². The minimum Gasteiger partial charge on any atom is -0.311 e. The molecule has 1 saturated carbocycles. The summed E-state index contributed by atoms with van der Waals surface area (Å²) >= 11 is 0. The molecule has 0 unspecified atom stereocenters. The first-order valence-electron chi connectivity index (χ1n) is 5.42. The van der Waals surface area contributed by atoms with Crippen molar-refractivity contribution in [2.45, 2.75) is 39.2 Å². The fraction of sp³-hybridized carbons (Fsp3) is 0.636. The maximum absolute atomic E-state index is 11.7. The average molecular weight is 208 g/mol. The van der Waals surface area contributed by atoms with Crippen LogP contribution < -0.4 is 11.2 Å². The fourth-order valence-electron chi connectivity index (χ4n) is 1.78. The van der Waals surface area contributed by atoms with Crippen LogP contribution >= 0.6 is 0 Å². The molecule has 4 heteroatoms. The van der Waals surface area contributed by atoms with E-state index >= 15 is 0 Å². The SMILES string of the molecule is CC(C)Cc1cc(=O)n(C2CC2)c(=O)[nH]1. The maximum atomic E-state index is 11.7. The van der Waals surface area contributed by atoms with Crippen molar-refractivity contribution in [1.29, 1.82) is 0 Å². The summed E-state index contributed by atoms with van der Waals surface area (Å²) in [5.41, 5.74) is 0.342. The summed E-state index contributed by atoms with van der Waals surface area (Å²) in [6.45, 7) is 4.12. The molecule has 0 aromatic carbocycles. The third-order valence-electron chi connectivity index (χ3n) is 2.56. The third-order valence-corrected chi connectivity index (χ3v) is 2.56. The minimum absolute atomic E-state index is 0.148. The highest BCUT2D eigenvalue weighted by Gasteiger charge is 2.26. The van der Waals surface area contributed by atoms with Gasteiger partial charge in [-0.1, -0.05) is 13.8 Å². The van der Waals surface area contributed by atoms with E-state index in [2.05, 4.69) is 18.8 Å². The molecule has 1 fully saturated rings. The predicted octanol–water partition coefficient (Wildman–Crippen LogP) is 1.07. The van der Waals surface area contributed by atoms with E-state index in [1.165, 1.54) is 4.57 Å². The van der Waals surface area contributed by atoms with Gasteiger partial charge in [-0.25, -0.2) is 4.79 Å². The predicted molar refractivity (Wildman–Crippen MR) is 58.1 cm³/mol. The lowest BCUT2D eigenvalue weighted by Crippen LogP contribution is -2.35. The van der Waals surface area contributed by atoms with Crippen LogP contribution in [0.1, 0.15) is 38.4 Å². The molecule has 4 nitrogen and oxygen atoms in total. The smallest absolute Gasteiger partial charge is 0.311 e. The topological polar surface area (TPSA) is 54.9 Å². The molecule has 0 atom stereocenters. The van der Waals surface area contributed by atoms with Crippen LogP contribution in [0.15, 0.2) is 15.7 Å². The van der Waals surface area contributed by atoms with Gasteiger partial charge in [-0.05, 0) is 25.2 Å². The molecule has 82 valence electrons. The number of aromatic nitrogens is 2. The molecule has 2 rings (SSSR count). The first-order chi connectivity index (χ1) is 7.08. The zero-order valence-corrected chi connectivity index (χ0v) is 9.12. The monoisotopic (exact) mass is 208 g/mol. The quantitative estimate of drug-likeness (QED) is 0.807. The Bertz CT molecular complexity index is 435. The molecule has 0 spiro atoms. The number of hydrogen-bond acceptors (Lipinski definition) is 2. The van der Waals surface area contributed by atoms with Gasteiger partial charge in [-0.15, -0.1) is 0 Å². The molecule has 15 heavy (non-hydrogen) atoms. The molecule has 1 aliphatic rings. The molecular formula is C11H16N2O2. The molecule has 1 aliphatic carbocycles. The van der Waals surface area contributed by atoms with Crippen LogP contribution in [0, 0.1) is 5.92 Å². The molecule has 0 radical (unpaired) electrons. The van der Waals surface area contributed by atoms with Crippen LogP contribution in [-0.2, 0) is 6.42 Å². The van der Waals surface area contributed by atoms with Crippen molar-refractivity contribution in [2.75, 3.05) is 0 Å². The van der Waals surface area contributed by atoms with Crippen molar-refractivity contribution in [3.8, 4) is 0 Å². The largest absolute Gasteiger partial charge is 0.328 e. The summed E-state index contributed by atoms with van der Waals surface area (Å²) in [5.74, 6) is 0.442. The lowest BCUT2D eigenvalue weighted by atomic mass is 10.1. The molecule has 0 bridgehead atoms. The van der Waals surface area contributed by atoms with E-state index in [0.29, 0.717) is 5.92 Å². The second-order valence-electron chi connectivity index (χ2n) is 4.64. The van der Waals surface area contributed by atoms with Crippen LogP contribution in [0.4, 0.5) is 0 Å². The number of rotatable bonds is 3. The summed E-state index contributed by atoms with van der Waals surface area (Å²) in [4.78, 5) is 26.1. The number of aromatic amines is 1.